The third-order valence-electron chi connectivity index (χ3n) is 3.57. The molecule has 4 N–H and O–H groups in total. The number of nitrogens with one attached hydrogen (secondary N) is 1. The van der Waals surface area contributed by atoms with Crippen LogP contribution in [0.15, 0.2) is 29.2 Å². The number of thioether (sulfide) groups is 1. The third kappa shape index (κ3) is 5.50. The molecule has 1 fully saturated rings. The minimum atomic E-state index is -3.27. The van der Waals surface area contributed by atoms with Gasteiger partial charge in [-0.25, -0.2) is 13.1 Å². The monoisotopic (exact) mass is 330 g/mol. The minimum absolute atomic E-state index is 0.0369. The number of sulfonamides is 1. The van der Waals surface area contributed by atoms with Crippen molar-refractivity contribution in [2.45, 2.75) is 42.7 Å². The Bertz CT molecular complexity index is 555. The van der Waals surface area contributed by atoms with E-state index >= 15 is 0 Å². The van der Waals surface area contributed by atoms with E-state index in [1.54, 1.807) is 0 Å². The highest BCUT2D eigenvalue weighted by atomic mass is 32.2. The second kappa shape index (κ2) is 7.49. The predicted octanol–water partition coefficient (Wildman–Crippen LogP) is 1.58. The van der Waals surface area contributed by atoms with Gasteiger partial charge in [-0.3, -0.25) is 0 Å². The molecule has 0 atom stereocenters. The Kier molecular flexibility index (Phi) is 5.92. The molecule has 0 bridgehead atoms. The summed E-state index contributed by atoms with van der Waals surface area (Å²) in [4.78, 5) is 0.911. The quantitative estimate of drug-likeness (QED) is 0.544. The highest BCUT2D eigenvalue weighted by molar-refractivity contribution is 8.00. The third-order valence-corrected chi connectivity index (χ3v) is 6.36. The van der Waals surface area contributed by atoms with E-state index in [1.165, 1.54) is 11.8 Å². The first kappa shape index (κ1) is 16.6. The molecule has 0 spiro atoms. The molecule has 118 valence electrons. The van der Waals surface area contributed by atoms with Gasteiger partial charge in [-0.15, -0.1) is 11.8 Å². The van der Waals surface area contributed by atoms with Crippen molar-refractivity contribution in [2.24, 2.45) is 0 Å². The van der Waals surface area contributed by atoms with Crippen LogP contribution in [0.4, 0.5) is 5.69 Å². The fourth-order valence-electron chi connectivity index (χ4n) is 2.38. The molecule has 0 unspecified atom stereocenters. The number of nitrogens with two attached hydrogens (primary N) is 1. The van der Waals surface area contributed by atoms with E-state index in [0.717, 1.165) is 4.90 Å². The SMILES string of the molecule is Nc1ccccc1SCCS(=O)(=O)NC1CCC(O)CC1. The Balaban J connectivity index is 1.78. The average Bonchev–Trinajstić information content (AvgIpc) is 2.43. The Labute approximate surface area is 130 Å². The van der Waals surface area contributed by atoms with Crippen LogP contribution in [0.5, 0.6) is 0 Å². The van der Waals surface area contributed by atoms with Gasteiger partial charge >= 0.3 is 0 Å². The van der Waals surface area contributed by atoms with Crippen LogP contribution in [-0.4, -0.2) is 37.2 Å². The van der Waals surface area contributed by atoms with Crippen LogP contribution in [0, 0.1) is 0 Å². The fraction of sp³-hybridized carbons (Fsp3) is 0.571. The summed E-state index contributed by atoms with van der Waals surface area (Å²) in [5.41, 5.74) is 6.50. The highest BCUT2D eigenvalue weighted by Crippen LogP contribution is 2.24. The summed E-state index contributed by atoms with van der Waals surface area (Å²) in [6.45, 7) is 0. The lowest BCUT2D eigenvalue weighted by Gasteiger charge is -2.25. The lowest BCUT2D eigenvalue weighted by molar-refractivity contribution is 0.120. The normalized spacial score (nSPS) is 23.1. The molecule has 1 aliphatic rings. The van der Waals surface area contributed by atoms with Crippen molar-refractivity contribution in [3.8, 4) is 0 Å². The van der Waals surface area contributed by atoms with Crippen LogP contribution < -0.4 is 10.5 Å². The van der Waals surface area contributed by atoms with E-state index in [4.69, 9.17) is 5.73 Å². The van der Waals surface area contributed by atoms with Crippen LogP contribution >= 0.6 is 11.8 Å². The molecule has 1 aromatic rings. The number of aliphatic hydroxyl groups is 1. The van der Waals surface area contributed by atoms with E-state index in [-0.39, 0.29) is 17.9 Å². The first-order valence-electron chi connectivity index (χ1n) is 7.11. The summed E-state index contributed by atoms with van der Waals surface area (Å²) in [6, 6.07) is 7.41. The molecule has 0 saturated heterocycles. The molecular formula is C14H22N2O3S2. The molecule has 0 heterocycles. The standard InChI is InChI=1S/C14H22N2O3S2/c15-13-3-1-2-4-14(13)20-9-10-21(18,19)16-11-5-7-12(17)8-6-11/h1-4,11-12,16-17H,5-10,15H2. The Hall–Kier alpha value is -0.760. The number of anilines is 1. The van der Waals surface area contributed by atoms with Gasteiger partial charge in [0.2, 0.25) is 10.0 Å². The maximum Gasteiger partial charge on any atom is 0.212 e. The second-order valence-electron chi connectivity index (χ2n) is 5.33. The smallest absolute Gasteiger partial charge is 0.212 e. The van der Waals surface area contributed by atoms with Crippen molar-refractivity contribution in [3.05, 3.63) is 24.3 Å². The van der Waals surface area contributed by atoms with Gasteiger partial charge in [-0.2, -0.15) is 0 Å². The zero-order valence-electron chi connectivity index (χ0n) is 11.9. The van der Waals surface area contributed by atoms with Gasteiger partial charge < -0.3 is 10.8 Å². The Morgan fingerprint density at radius 2 is 1.90 bits per heavy atom. The lowest BCUT2D eigenvalue weighted by atomic mass is 9.94. The number of benzene rings is 1. The topological polar surface area (TPSA) is 92.4 Å². The number of aliphatic hydroxyl groups excluding tert-OH is 1. The minimum Gasteiger partial charge on any atom is -0.398 e. The van der Waals surface area contributed by atoms with Crippen molar-refractivity contribution in [3.63, 3.8) is 0 Å². The van der Waals surface area contributed by atoms with Gasteiger partial charge in [0.1, 0.15) is 0 Å². The molecule has 5 nitrogen and oxygen atoms in total. The molecule has 1 aliphatic carbocycles. The maximum atomic E-state index is 12.0. The summed E-state index contributed by atoms with van der Waals surface area (Å²) >= 11 is 1.45. The number of hydrogen-bond acceptors (Lipinski definition) is 5. The van der Waals surface area contributed by atoms with Gasteiger partial charge in [-0.05, 0) is 37.8 Å². The summed E-state index contributed by atoms with van der Waals surface area (Å²) in [6.07, 6.45) is 2.48. The summed E-state index contributed by atoms with van der Waals surface area (Å²) in [5.74, 6) is 0.546. The highest BCUT2D eigenvalue weighted by Gasteiger charge is 2.23. The summed E-state index contributed by atoms with van der Waals surface area (Å²) in [7, 11) is -3.27. The first-order chi connectivity index (χ1) is 9.96. The van der Waals surface area contributed by atoms with Crippen molar-refractivity contribution < 1.29 is 13.5 Å². The van der Waals surface area contributed by atoms with Gasteiger partial charge in [0.15, 0.2) is 0 Å². The number of nitrogen functional groups attached to an aromatic ring is 1. The van der Waals surface area contributed by atoms with Crippen LogP contribution in [0.3, 0.4) is 0 Å². The van der Waals surface area contributed by atoms with Crippen LogP contribution in [-0.2, 0) is 10.0 Å². The van der Waals surface area contributed by atoms with Gasteiger partial charge in [0.05, 0.1) is 11.9 Å². The molecule has 21 heavy (non-hydrogen) atoms. The van der Waals surface area contributed by atoms with Crippen LogP contribution in [0.1, 0.15) is 25.7 Å². The Morgan fingerprint density at radius 3 is 2.57 bits per heavy atom. The summed E-state index contributed by atoms with van der Waals surface area (Å²) in [5, 5.41) is 9.43. The zero-order chi connectivity index (χ0) is 15.3. The van der Waals surface area contributed by atoms with Crippen molar-refractivity contribution in [2.75, 3.05) is 17.2 Å². The van der Waals surface area contributed by atoms with E-state index in [0.29, 0.717) is 37.1 Å². The zero-order valence-corrected chi connectivity index (χ0v) is 13.5. The van der Waals surface area contributed by atoms with Crippen LogP contribution in [0.2, 0.25) is 0 Å². The number of hydrogen-bond donors (Lipinski definition) is 3. The number of rotatable bonds is 6. The molecule has 0 aromatic heterocycles. The van der Waals surface area contributed by atoms with Gasteiger partial charge in [0.25, 0.3) is 0 Å². The molecule has 0 radical (unpaired) electrons. The molecule has 1 saturated carbocycles. The summed E-state index contributed by atoms with van der Waals surface area (Å²) < 4.78 is 26.8. The molecule has 7 heteroatoms. The first-order valence-corrected chi connectivity index (χ1v) is 9.75. The van der Waals surface area contributed by atoms with Gasteiger partial charge in [0, 0.05) is 22.4 Å². The molecular weight excluding hydrogens is 308 g/mol. The Morgan fingerprint density at radius 1 is 1.24 bits per heavy atom. The lowest BCUT2D eigenvalue weighted by Crippen LogP contribution is -2.40. The largest absolute Gasteiger partial charge is 0.398 e. The van der Waals surface area contributed by atoms with E-state index in [9.17, 15) is 13.5 Å². The van der Waals surface area contributed by atoms with Crippen molar-refractivity contribution >= 4 is 27.5 Å². The molecule has 1 aromatic carbocycles. The average molecular weight is 330 g/mol. The predicted molar refractivity (Wildman–Crippen MR) is 86.8 cm³/mol. The van der Waals surface area contributed by atoms with E-state index < -0.39 is 10.0 Å². The van der Waals surface area contributed by atoms with Crippen molar-refractivity contribution in [1.29, 1.82) is 0 Å². The molecule has 2 rings (SSSR count). The van der Waals surface area contributed by atoms with Crippen molar-refractivity contribution in [1.82, 2.24) is 4.72 Å². The van der Waals surface area contributed by atoms with E-state index in [1.807, 2.05) is 24.3 Å². The van der Waals surface area contributed by atoms with Crippen LogP contribution in [0.25, 0.3) is 0 Å². The second-order valence-corrected chi connectivity index (χ2v) is 8.34. The van der Waals surface area contributed by atoms with E-state index in [2.05, 4.69) is 4.72 Å². The molecule has 0 aliphatic heterocycles. The number of para-hydroxylation sites is 1. The maximum absolute atomic E-state index is 12.0. The van der Waals surface area contributed by atoms with Gasteiger partial charge in [-0.1, -0.05) is 12.1 Å². The molecule has 0 amide bonds. The fourth-order valence-corrected chi connectivity index (χ4v) is 5.08.